The van der Waals surface area contributed by atoms with E-state index in [-0.39, 0.29) is 0 Å². The van der Waals surface area contributed by atoms with Gasteiger partial charge in [0.25, 0.3) is 0 Å². The molecule has 0 radical (unpaired) electrons. The van der Waals surface area contributed by atoms with Crippen LogP contribution >= 0.6 is 0 Å². The Morgan fingerprint density at radius 3 is 2.94 bits per heavy atom. The molecule has 0 saturated carbocycles. The molecule has 0 aromatic rings. The first-order valence-corrected chi connectivity index (χ1v) is 6.97. The van der Waals surface area contributed by atoms with Crippen molar-refractivity contribution in [1.29, 1.82) is 0 Å². The average Bonchev–Trinajstić information content (AvgIpc) is 2.28. The fourth-order valence-corrected chi connectivity index (χ4v) is 3.06. The quantitative estimate of drug-likeness (QED) is 0.782. The zero-order valence-corrected chi connectivity index (χ0v) is 10.7. The number of piperidine rings is 1. The summed E-state index contributed by atoms with van der Waals surface area (Å²) in [6, 6.07) is 1.23. The van der Waals surface area contributed by atoms with E-state index in [9.17, 15) is 0 Å². The Hall–Kier alpha value is -0.120. The lowest BCUT2D eigenvalue weighted by molar-refractivity contribution is 0.0485. The van der Waals surface area contributed by atoms with Crippen LogP contribution in [0.25, 0.3) is 0 Å². The smallest absolute Gasteiger partial charge is 0.0223 e. The van der Waals surface area contributed by atoms with E-state index in [4.69, 9.17) is 5.73 Å². The SMILES string of the molecule is CC(N)CCCN1CCN2CCCCC2C1. The molecule has 2 heterocycles. The summed E-state index contributed by atoms with van der Waals surface area (Å²) in [7, 11) is 0. The van der Waals surface area contributed by atoms with Crippen molar-refractivity contribution in [1.82, 2.24) is 9.80 Å². The summed E-state index contributed by atoms with van der Waals surface area (Å²) in [6.07, 6.45) is 6.72. The molecule has 2 unspecified atom stereocenters. The fourth-order valence-electron chi connectivity index (χ4n) is 3.06. The summed E-state index contributed by atoms with van der Waals surface area (Å²) >= 11 is 0. The largest absolute Gasteiger partial charge is 0.328 e. The molecule has 0 spiro atoms. The van der Waals surface area contributed by atoms with Crippen LogP contribution in [0.3, 0.4) is 0 Å². The maximum atomic E-state index is 5.79. The van der Waals surface area contributed by atoms with Gasteiger partial charge in [0.05, 0.1) is 0 Å². The van der Waals surface area contributed by atoms with Gasteiger partial charge in [-0.3, -0.25) is 4.90 Å². The van der Waals surface area contributed by atoms with E-state index in [0.29, 0.717) is 6.04 Å². The molecule has 2 atom stereocenters. The number of rotatable bonds is 4. The van der Waals surface area contributed by atoms with Gasteiger partial charge in [0.15, 0.2) is 0 Å². The predicted octanol–water partition coefficient (Wildman–Crippen LogP) is 1.28. The number of fused-ring (bicyclic) bond motifs is 1. The van der Waals surface area contributed by atoms with Gasteiger partial charge in [0.2, 0.25) is 0 Å². The van der Waals surface area contributed by atoms with Gasteiger partial charge in [-0.25, -0.2) is 0 Å². The number of nitrogens with two attached hydrogens (primary N) is 1. The van der Waals surface area contributed by atoms with Crippen LogP contribution in [0, 0.1) is 0 Å². The Labute approximate surface area is 100.0 Å². The highest BCUT2D eigenvalue weighted by Crippen LogP contribution is 2.21. The van der Waals surface area contributed by atoms with Gasteiger partial charge in [-0.2, -0.15) is 0 Å². The van der Waals surface area contributed by atoms with Crippen molar-refractivity contribution < 1.29 is 0 Å². The second-order valence-electron chi connectivity index (χ2n) is 5.61. The minimum absolute atomic E-state index is 0.371. The maximum absolute atomic E-state index is 5.79. The number of hydrogen-bond acceptors (Lipinski definition) is 3. The van der Waals surface area contributed by atoms with Crippen LogP contribution in [0.2, 0.25) is 0 Å². The summed E-state index contributed by atoms with van der Waals surface area (Å²) in [5, 5.41) is 0. The number of nitrogens with zero attached hydrogens (tertiary/aromatic N) is 2. The van der Waals surface area contributed by atoms with E-state index >= 15 is 0 Å². The van der Waals surface area contributed by atoms with E-state index in [1.165, 1.54) is 64.8 Å². The fraction of sp³-hybridized carbons (Fsp3) is 1.00. The van der Waals surface area contributed by atoms with Crippen molar-refractivity contribution in [3.63, 3.8) is 0 Å². The molecule has 2 N–H and O–H groups in total. The van der Waals surface area contributed by atoms with Crippen LogP contribution in [-0.2, 0) is 0 Å². The van der Waals surface area contributed by atoms with Gasteiger partial charge in [0.1, 0.15) is 0 Å². The summed E-state index contributed by atoms with van der Waals surface area (Å²) in [5.74, 6) is 0. The van der Waals surface area contributed by atoms with E-state index in [1.807, 2.05) is 0 Å². The Morgan fingerprint density at radius 2 is 2.12 bits per heavy atom. The predicted molar refractivity (Wildman–Crippen MR) is 68.5 cm³/mol. The van der Waals surface area contributed by atoms with E-state index in [0.717, 1.165) is 6.04 Å². The first kappa shape index (κ1) is 12.3. The molecule has 2 aliphatic heterocycles. The van der Waals surface area contributed by atoms with Crippen LogP contribution in [0.5, 0.6) is 0 Å². The topological polar surface area (TPSA) is 32.5 Å². The van der Waals surface area contributed by atoms with Gasteiger partial charge in [-0.1, -0.05) is 6.42 Å². The average molecular weight is 225 g/mol. The van der Waals surface area contributed by atoms with Crippen LogP contribution in [0.4, 0.5) is 0 Å². The molecule has 0 aliphatic carbocycles. The molecule has 16 heavy (non-hydrogen) atoms. The molecule has 3 nitrogen and oxygen atoms in total. The third-order valence-electron chi connectivity index (χ3n) is 4.06. The zero-order valence-electron chi connectivity index (χ0n) is 10.7. The molecular formula is C13H27N3. The minimum Gasteiger partial charge on any atom is -0.328 e. The highest BCUT2D eigenvalue weighted by molar-refractivity contribution is 4.84. The molecule has 0 bridgehead atoms. The standard InChI is InChI=1S/C13H27N3/c1-12(14)5-4-7-15-9-10-16-8-3-2-6-13(16)11-15/h12-13H,2-11,14H2,1H3. The Bertz CT molecular complexity index is 205. The lowest BCUT2D eigenvalue weighted by Crippen LogP contribution is -2.54. The van der Waals surface area contributed by atoms with Gasteiger partial charge in [-0.15, -0.1) is 0 Å². The number of piperazine rings is 1. The second-order valence-corrected chi connectivity index (χ2v) is 5.61. The summed E-state index contributed by atoms with van der Waals surface area (Å²) < 4.78 is 0. The molecule has 2 saturated heterocycles. The highest BCUT2D eigenvalue weighted by Gasteiger charge is 2.28. The first-order valence-electron chi connectivity index (χ1n) is 6.97. The molecular weight excluding hydrogens is 198 g/mol. The van der Waals surface area contributed by atoms with Crippen LogP contribution in [0.15, 0.2) is 0 Å². The maximum Gasteiger partial charge on any atom is 0.0223 e. The highest BCUT2D eigenvalue weighted by atomic mass is 15.3. The molecule has 0 amide bonds. The molecule has 2 aliphatic rings. The Kier molecular flexibility index (Phi) is 4.62. The molecule has 94 valence electrons. The van der Waals surface area contributed by atoms with Crippen LogP contribution < -0.4 is 5.73 Å². The molecule has 2 rings (SSSR count). The van der Waals surface area contributed by atoms with Gasteiger partial charge < -0.3 is 10.6 Å². The minimum atomic E-state index is 0.371. The Morgan fingerprint density at radius 1 is 1.25 bits per heavy atom. The van der Waals surface area contributed by atoms with E-state index < -0.39 is 0 Å². The third kappa shape index (κ3) is 3.44. The van der Waals surface area contributed by atoms with E-state index in [1.54, 1.807) is 0 Å². The summed E-state index contributed by atoms with van der Waals surface area (Å²) in [4.78, 5) is 5.35. The van der Waals surface area contributed by atoms with Crippen molar-refractivity contribution >= 4 is 0 Å². The van der Waals surface area contributed by atoms with E-state index in [2.05, 4.69) is 16.7 Å². The zero-order chi connectivity index (χ0) is 11.4. The van der Waals surface area contributed by atoms with Crippen molar-refractivity contribution in [3.8, 4) is 0 Å². The van der Waals surface area contributed by atoms with Gasteiger partial charge >= 0.3 is 0 Å². The first-order chi connectivity index (χ1) is 7.75. The molecule has 2 fully saturated rings. The van der Waals surface area contributed by atoms with Crippen LogP contribution in [-0.4, -0.2) is 54.6 Å². The third-order valence-corrected chi connectivity index (χ3v) is 4.06. The van der Waals surface area contributed by atoms with Crippen molar-refractivity contribution in [3.05, 3.63) is 0 Å². The number of hydrogen-bond donors (Lipinski definition) is 1. The normalized spacial score (nSPS) is 30.0. The van der Waals surface area contributed by atoms with Gasteiger partial charge in [-0.05, 0) is 45.7 Å². The van der Waals surface area contributed by atoms with Crippen molar-refractivity contribution in [2.45, 2.75) is 51.1 Å². The lowest BCUT2D eigenvalue weighted by atomic mass is 9.99. The van der Waals surface area contributed by atoms with Crippen LogP contribution in [0.1, 0.15) is 39.0 Å². The summed E-state index contributed by atoms with van der Waals surface area (Å²) in [6.45, 7) is 8.58. The summed E-state index contributed by atoms with van der Waals surface area (Å²) in [5.41, 5.74) is 5.79. The van der Waals surface area contributed by atoms with Crippen molar-refractivity contribution in [2.75, 3.05) is 32.7 Å². The second kappa shape index (κ2) is 5.99. The molecule has 0 aromatic carbocycles. The monoisotopic (exact) mass is 225 g/mol. The lowest BCUT2D eigenvalue weighted by Gasteiger charge is -2.44. The van der Waals surface area contributed by atoms with Gasteiger partial charge in [0, 0.05) is 31.7 Å². The van der Waals surface area contributed by atoms with Crippen molar-refractivity contribution in [2.24, 2.45) is 5.73 Å². The Balaban J connectivity index is 1.68. The molecule has 0 aromatic heterocycles. The molecule has 3 heteroatoms.